The summed E-state index contributed by atoms with van der Waals surface area (Å²) in [7, 11) is 0. The van der Waals surface area contributed by atoms with Gasteiger partial charge in [0.05, 0.1) is 0 Å². The van der Waals surface area contributed by atoms with Gasteiger partial charge in [0.25, 0.3) is 0 Å². The summed E-state index contributed by atoms with van der Waals surface area (Å²) < 4.78 is 0. The van der Waals surface area contributed by atoms with Gasteiger partial charge in [-0.25, -0.2) is 0 Å². The summed E-state index contributed by atoms with van der Waals surface area (Å²) in [5.74, 6) is 0.849. The van der Waals surface area contributed by atoms with Crippen LogP contribution in [0.1, 0.15) is 37.7 Å². The fraction of sp³-hybridized carbons (Fsp3) is 0.500. The Morgan fingerprint density at radius 2 is 1.82 bits per heavy atom. The molecule has 0 aliphatic heterocycles. The zero-order valence-electron chi connectivity index (χ0n) is 10.6. The predicted octanol–water partition coefficient (Wildman–Crippen LogP) is 3.91. The smallest absolute Gasteiger partial charge is 0.0208 e. The maximum Gasteiger partial charge on any atom is 0.0208 e. The highest BCUT2D eigenvalue weighted by Crippen LogP contribution is 2.24. The Morgan fingerprint density at radius 3 is 2.59 bits per heavy atom. The van der Waals surface area contributed by atoms with Crippen LogP contribution in [-0.2, 0) is 6.54 Å². The van der Waals surface area contributed by atoms with Gasteiger partial charge in [0.1, 0.15) is 0 Å². The van der Waals surface area contributed by atoms with Crippen molar-refractivity contribution in [2.45, 2.75) is 38.6 Å². The second-order valence-electron chi connectivity index (χ2n) is 4.94. The van der Waals surface area contributed by atoms with Crippen LogP contribution in [0.4, 0.5) is 0 Å². The van der Waals surface area contributed by atoms with Gasteiger partial charge in [-0.3, -0.25) is 0 Å². The summed E-state index contributed by atoms with van der Waals surface area (Å²) in [4.78, 5) is 0. The Bertz CT molecular complexity index is 323. The fourth-order valence-electron chi connectivity index (χ4n) is 2.48. The number of benzene rings is 1. The van der Waals surface area contributed by atoms with Gasteiger partial charge in [0, 0.05) is 13.1 Å². The SMILES string of the molecule is C(=C\C1CCCCC1)/CNCc1ccccc1. The highest BCUT2D eigenvalue weighted by Gasteiger charge is 2.08. The molecule has 1 N–H and O–H groups in total. The standard InChI is InChI=1S/C16H23N/c1-3-8-15(9-4-1)12-7-13-17-14-16-10-5-2-6-11-16/h2,5-7,10-12,15,17H,1,3-4,8-9,13-14H2/b12-7+. The van der Waals surface area contributed by atoms with Crippen LogP contribution in [0.2, 0.25) is 0 Å². The number of rotatable bonds is 5. The zero-order valence-corrected chi connectivity index (χ0v) is 10.6. The first-order valence-electron chi connectivity index (χ1n) is 6.86. The minimum absolute atomic E-state index is 0.849. The van der Waals surface area contributed by atoms with Crippen molar-refractivity contribution < 1.29 is 0 Å². The van der Waals surface area contributed by atoms with E-state index in [1.165, 1.54) is 37.7 Å². The minimum atomic E-state index is 0.849. The van der Waals surface area contributed by atoms with E-state index in [9.17, 15) is 0 Å². The molecule has 0 radical (unpaired) electrons. The van der Waals surface area contributed by atoms with Gasteiger partial charge >= 0.3 is 0 Å². The average Bonchev–Trinajstić information content (AvgIpc) is 2.41. The van der Waals surface area contributed by atoms with Gasteiger partial charge in [-0.2, -0.15) is 0 Å². The van der Waals surface area contributed by atoms with Crippen LogP contribution in [0.5, 0.6) is 0 Å². The third-order valence-electron chi connectivity index (χ3n) is 3.49. The number of hydrogen-bond acceptors (Lipinski definition) is 1. The molecule has 0 saturated heterocycles. The van der Waals surface area contributed by atoms with Gasteiger partial charge in [0.2, 0.25) is 0 Å². The highest BCUT2D eigenvalue weighted by molar-refractivity contribution is 5.14. The van der Waals surface area contributed by atoms with Gasteiger partial charge < -0.3 is 5.32 Å². The number of hydrogen-bond donors (Lipinski definition) is 1. The van der Waals surface area contributed by atoms with Crippen LogP contribution in [0.25, 0.3) is 0 Å². The molecule has 0 amide bonds. The monoisotopic (exact) mass is 229 g/mol. The first kappa shape index (κ1) is 12.4. The summed E-state index contributed by atoms with van der Waals surface area (Å²) in [5.41, 5.74) is 1.36. The fourth-order valence-corrected chi connectivity index (χ4v) is 2.48. The highest BCUT2D eigenvalue weighted by atomic mass is 14.8. The summed E-state index contributed by atoms with van der Waals surface area (Å²) in [6.45, 7) is 1.96. The molecule has 0 atom stereocenters. The van der Waals surface area contributed by atoms with Crippen molar-refractivity contribution in [3.05, 3.63) is 48.0 Å². The maximum absolute atomic E-state index is 3.45. The van der Waals surface area contributed by atoms with Crippen molar-refractivity contribution in [3.8, 4) is 0 Å². The topological polar surface area (TPSA) is 12.0 Å². The van der Waals surface area contributed by atoms with E-state index in [4.69, 9.17) is 0 Å². The Morgan fingerprint density at radius 1 is 1.06 bits per heavy atom. The Balaban J connectivity index is 1.61. The van der Waals surface area contributed by atoms with Gasteiger partial charge in [-0.05, 0) is 24.3 Å². The van der Waals surface area contributed by atoms with E-state index in [1.54, 1.807) is 0 Å². The molecule has 0 bridgehead atoms. The molecule has 1 aromatic rings. The zero-order chi connectivity index (χ0) is 11.8. The van der Waals surface area contributed by atoms with Crippen molar-refractivity contribution in [1.29, 1.82) is 0 Å². The summed E-state index contributed by atoms with van der Waals surface area (Å²) >= 11 is 0. The van der Waals surface area contributed by atoms with Crippen LogP contribution in [0, 0.1) is 5.92 Å². The van der Waals surface area contributed by atoms with Gasteiger partial charge in [-0.1, -0.05) is 61.7 Å². The van der Waals surface area contributed by atoms with E-state index in [0.29, 0.717) is 0 Å². The third-order valence-corrected chi connectivity index (χ3v) is 3.49. The largest absolute Gasteiger partial charge is 0.309 e. The third kappa shape index (κ3) is 4.74. The molecule has 1 heteroatoms. The first-order chi connectivity index (χ1) is 8.45. The molecule has 1 aliphatic carbocycles. The van der Waals surface area contributed by atoms with E-state index in [-0.39, 0.29) is 0 Å². The number of allylic oxidation sites excluding steroid dienone is 1. The van der Waals surface area contributed by atoms with Crippen LogP contribution < -0.4 is 5.32 Å². The molecule has 1 aliphatic rings. The van der Waals surface area contributed by atoms with Crippen molar-refractivity contribution >= 4 is 0 Å². The van der Waals surface area contributed by atoms with Gasteiger partial charge in [-0.15, -0.1) is 0 Å². The molecule has 0 aromatic heterocycles. The maximum atomic E-state index is 3.45. The van der Waals surface area contributed by atoms with Crippen LogP contribution in [0.15, 0.2) is 42.5 Å². The van der Waals surface area contributed by atoms with Crippen molar-refractivity contribution in [2.75, 3.05) is 6.54 Å². The van der Waals surface area contributed by atoms with Crippen molar-refractivity contribution in [1.82, 2.24) is 5.32 Å². The quantitative estimate of drug-likeness (QED) is 0.596. The summed E-state index contributed by atoms with van der Waals surface area (Å²) in [5, 5.41) is 3.45. The molecule has 1 aromatic carbocycles. The lowest BCUT2D eigenvalue weighted by Gasteiger charge is -2.17. The molecule has 1 fully saturated rings. The lowest BCUT2D eigenvalue weighted by molar-refractivity contribution is 0.419. The lowest BCUT2D eigenvalue weighted by Crippen LogP contribution is -2.13. The summed E-state index contributed by atoms with van der Waals surface area (Å²) in [6.07, 6.45) is 11.8. The molecule has 2 rings (SSSR count). The van der Waals surface area contributed by atoms with Crippen molar-refractivity contribution in [3.63, 3.8) is 0 Å². The van der Waals surface area contributed by atoms with E-state index in [1.807, 2.05) is 0 Å². The molecular weight excluding hydrogens is 206 g/mol. The van der Waals surface area contributed by atoms with Crippen molar-refractivity contribution in [2.24, 2.45) is 5.92 Å². The van der Waals surface area contributed by atoms with E-state index in [2.05, 4.69) is 47.8 Å². The molecule has 1 nitrogen and oxygen atoms in total. The van der Waals surface area contributed by atoms with Crippen LogP contribution in [-0.4, -0.2) is 6.54 Å². The normalized spacial score (nSPS) is 17.6. The molecule has 1 saturated carbocycles. The van der Waals surface area contributed by atoms with Gasteiger partial charge in [0.15, 0.2) is 0 Å². The molecule has 17 heavy (non-hydrogen) atoms. The van der Waals surface area contributed by atoms with Crippen LogP contribution in [0.3, 0.4) is 0 Å². The molecule has 0 heterocycles. The second-order valence-corrected chi connectivity index (χ2v) is 4.94. The Kier molecular flexibility index (Phi) is 5.31. The molecule has 92 valence electrons. The number of nitrogens with one attached hydrogen (secondary N) is 1. The minimum Gasteiger partial charge on any atom is -0.309 e. The Hall–Kier alpha value is -1.08. The Labute approximate surface area is 105 Å². The first-order valence-corrected chi connectivity index (χ1v) is 6.86. The lowest BCUT2D eigenvalue weighted by atomic mass is 9.89. The molecular formula is C16H23N. The van der Waals surface area contributed by atoms with E-state index < -0.39 is 0 Å². The second kappa shape index (κ2) is 7.29. The molecule has 0 spiro atoms. The predicted molar refractivity (Wildman–Crippen MR) is 73.9 cm³/mol. The van der Waals surface area contributed by atoms with E-state index >= 15 is 0 Å². The average molecular weight is 229 g/mol. The van der Waals surface area contributed by atoms with Crippen LogP contribution >= 0.6 is 0 Å². The summed E-state index contributed by atoms with van der Waals surface area (Å²) in [6, 6.07) is 10.6. The molecule has 0 unspecified atom stereocenters. The van der Waals surface area contributed by atoms with E-state index in [0.717, 1.165) is 19.0 Å².